The molecule has 0 aromatic carbocycles. The molecule has 0 atom stereocenters. The highest BCUT2D eigenvalue weighted by Gasteiger charge is 2.06. The van der Waals surface area contributed by atoms with Crippen LogP contribution in [0.3, 0.4) is 0 Å². The topological polar surface area (TPSA) is 74.5 Å². The molecule has 96 valence electrons. The van der Waals surface area contributed by atoms with Crippen molar-refractivity contribution < 1.29 is 0 Å². The first-order chi connectivity index (χ1) is 9.11. The molecule has 0 aliphatic heterocycles. The van der Waals surface area contributed by atoms with Gasteiger partial charge in [-0.2, -0.15) is 10.2 Å². The van der Waals surface area contributed by atoms with Crippen LogP contribution in [0, 0.1) is 13.8 Å². The molecule has 0 radical (unpaired) electrons. The molecule has 19 heavy (non-hydrogen) atoms. The van der Waals surface area contributed by atoms with Gasteiger partial charge in [0.05, 0.1) is 11.4 Å². The summed E-state index contributed by atoms with van der Waals surface area (Å²) in [5, 5.41) is 8.66. The van der Waals surface area contributed by atoms with Crippen LogP contribution in [-0.2, 0) is 0 Å². The van der Waals surface area contributed by atoms with Gasteiger partial charge in [0.2, 0.25) is 0 Å². The third kappa shape index (κ3) is 2.20. The van der Waals surface area contributed by atoms with E-state index in [2.05, 4.69) is 15.2 Å². The van der Waals surface area contributed by atoms with Gasteiger partial charge < -0.3 is 5.73 Å². The molecule has 0 saturated carbocycles. The van der Waals surface area contributed by atoms with E-state index in [1.807, 2.05) is 38.4 Å². The van der Waals surface area contributed by atoms with Gasteiger partial charge in [-0.15, -0.1) is 0 Å². The van der Waals surface area contributed by atoms with Crippen molar-refractivity contribution in [3.63, 3.8) is 0 Å². The van der Waals surface area contributed by atoms with Crippen LogP contribution in [0.25, 0.3) is 11.6 Å². The quantitative estimate of drug-likeness (QED) is 0.754. The van der Waals surface area contributed by atoms with Crippen molar-refractivity contribution in [3.05, 3.63) is 48.0 Å². The maximum Gasteiger partial charge on any atom is 0.157 e. The van der Waals surface area contributed by atoms with Crippen LogP contribution >= 0.6 is 0 Å². The number of aromatic nitrogens is 5. The molecule has 3 aromatic rings. The van der Waals surface area contributed by atoms with Gasteiger partial charge >= 0.3 is 0 Å². The normalized spacial score (nSPS) is 10.8. The van der Waals surface area contributed by atoms with E-state index in [-0.39, 0.29) is 0 Å². The van der Waals surface area contributed by atoms with Gasteiger partial charge in [0, 0.05) is 30.2 Å². The molecule has 0 amide bonds. The average Bonchev–Trinajstić information content (AvgIpc) is 2.97. The van der Waals surface area contributed by atoms with Gasteiger partial charge in [0.15, 0.2) is 11.6 Å². The number of hydrogen-bond acceptors (Lipinski definition) is 4. The second kappa shape index (κ2) is 4.24. The Kier molecular flexibility index (Phi) is 2.56. The van der Waals surface area contributed by atoms with Gasteiger partial charge in [-0.25, -0.2) is 14.3 Å². The van der Waals surface area contributed by atoms with Crippen LogP contribution in [0.15, 0.2) is 36.7 Å². The van der Waals surface area contributed by atoms with E-state index in [9.17, 15) is 0 Å². The Balaban J connectivity index is 2.10. The van der Waals surface area contributed by atoms with E-state index in [4.69, 9.17) is 5.73 Å². The molecule has 0 aliphatic rings. The molecule has 3 rings (SSSR count). The molecule has 3 heterocycles. The predicted octanol–water partition coefficient (Wildman–Crippen LogP) is 1.65. The molecule has 6 heteroatoms. The van der Waals surface area contributed by atoms with Crippen LogP contribution < -0.4 is 5.73 Å². The Morgan fingerprint density at radius 1 is 0.895 bits per heavy atom. The van der Waals surface area contributed by atoms with Crippen LogP contribution in [0.2, 0.25) is 0 Å². The molecule has 0 saturated heterocycles. The van der Waals surface area contributed by atoms with E-state index in [0.717, 1.165) is 11.4 Å². The highest BCUT2D eigenvalue weighted by molar-refractivity contribution is 5.49. The second-order valence-electron chi connectivity index (χ2n) is 4.42. The van der Waals surface area contributed by atoms with Crippen molar-refractivity contribution in [2.75, 3.05) is 5.73 Å². The number of rotatable bonds is 2. The third-order valence-electron chi connectivity index (χ3n) is 2.73. The Bertz CT molecular complexity index is 666. The van der Waals surface area contributed by atoms with Crippen molar-refractivity contribution in [2.24, 2.45) is 0 Å². The van der Waals surface area contributed by atoms with E-state index in [1.54, 1.807) is 21.5 Å². The zero-order valence-corrected chi connectivity index (χ0v) is 10.8. The number of hydrogen-bond donors (Lipinski definition) is 1. The number of pyridine rings is 1. The Morgan fingerprint density at radius 2 is 1.37 bits per heavy atom. The minimum absolute atomic E-state index is 0.626. The molecule has 6 nitrogen and oxygen atoms in total. The number of nitrogen functional groups attached to an aromatic ring is 1. The van der Waals surface area contributed by atoms with E-state index in [0.29, 0.717) is 17.3 Å². The number of nitrogens with two attached hydrogens (primary N) is 1. The molecule has 0 fully saturated rings. The standard InChI is InChI=1S/C13H14N6/c1-9-3-5-18(16-9)12-7-11(14)8-13(15-12)19-6-4-10(2)17-19/h3-8H,1-2H3,(H2,14,15). The first-order valence-corrected chi connectivity index (χ1v) is 5.95. The van der Waals surface area contributed by atoms with Crippen molar-refractivity contribution in [1.82, 2.24) is 24.5 Å². The Morgan fingerprint density at radius 3 is 1.74 bits per heavy atom. The van der Waals surface area contributed by atoms with E-state index in [1.165, 1.54) is 0 Å². The summed E-state index contributed by atoms with van der Waals surface area (Å²) in [7, 11) is 0. The first kappa shape index (κ1) is 11.5. The van der Waals surface area contributed by atoms with Crippen LogP contribution in [-0.4, -0.2) is 24.5 Å². The second-order valence-corrected chi connectivity index (χ2v) is 4.42. The number of anilines is 1. The lowest BCUT2D eigenvalue weighted by molar-refractivity contribution is 0.792. The molecular formula is C13H14N6. The molecular weight excluding hydrogens is 240 g/mol. The molecule has 0 unspecified atom stereocenters. The third-order valence-corrected chi connectivity index (χ3v) is 2.73. The van der Waals surface area contributed by atoms with Crippen LogP contribution in [0.1, 0.15) is 11.4 Å². The van der Waals surface area contributed by atoms with Gasteiger partial charge in [0.25, 0.3) is 0 Å². The van der Waals surface area contributed by atoms with Gasteiger partial charge in [-0.3, -0.25) is 0 Å². The zero-order chi connectivity index (χ0) is 13.4. The number of aryl methyl sites for hydroxylation is 2. The molecule has 2 N–H and O–H groups in total. The summed E-state index contributed by atoms with van der Waals surface area (Å²) < 4.78 is 3.40. The maximum absolute atomic E-state index is 5.93. The van der Waals surface area contributed by atoms with Crippen molar-refractivity contribution in [3.8, 4) is 11.6 Å². The monoisotopic (exact) mass is 254 g/mol. The molecule has 0 aliphatic carbocycles. The average molecular weight is 254 g/mol. The van der Waals surface area contributed by atoms with E-state index < -0.39 is 0 Å². The van der Waals surface area contributed by atoms with Gasteiger partial charge in [0.1, 0.15) is 0 Å². The Hall–Kier alpha value is -2.63. The SMILES string of the molecule is Cc1ccn(-c2cc(N)cc(-n3ccc(C)n3)n2)n1. The lowest BCUT2D eigenvalue weighted by Gasteiger charge is -2.06. The predicted molar refractivity (Wildman–Crippen MR) is 72.4 cm³/mol. The molecule has 3 aromatic heterocycles. The van der Waals surface area contributed by atoms with E-state index >= 15 is 0 Å². The fourth-order valence-corrected chi connectivity index (χ4v) is 1.84. The highest BCUT2D eigenvalue weighted by atomic mass is 15.3. The smallest absolute Gasteiger partial charge is 0.157 e. The summed E-state index contributed by atoms with van der Waals surface area (Å²) in [6.45, 7) is 3.86. The van der Waals surface area contributed by atoms with Crippen molar-refractivity contribution in [2.45, 2.75) is 13.8 Å². The summed E-state index contributed by atoms with van der Waals surface area (Å²) >= 11 is 0. The maximum atomic E-state index is 5.93. The minimum atomic E-state index is 0.626. The van der Waals surface area contributed by atoms with Crippen molar-refractivity contribution in [1.29, 1.82) is 0 Å². The van der Waals surface area contributed by atoms with Gasteiger partial charge in [-0.1, -0.05) is 0 Å². The number of nitrogens with zero attached hydrogens (tertiary/aromatic N) is 5. The zero-order valence-electron chi connectivity index (χ0n) is 10.8. The lowest BCUT2D eigenvalue weighted by Crippen LogP contribution is -2.06. The minimum Gasteiger partial charge on any atom is -0.399 e. The summed E-state index contributed by atoms with van der Waals surface area (Å²) in [6.07, 6.45) is 3.71. The highest BCUT2D eigenvalue weighted by Crippen LogP contribution is 2.14. The fourth-order valence-electron chi connectivity index (χ4n) is 1.84. The summed E-state index contributed by atoms with van der Waals surface area (Å²) in [5.41, 5.74) is 8.41. The summed E-state index contributed by atoms with van der Waals surface area (Å²) in [6, 6.07) is 7.41. The fraction of sp³-hybridized carbons (Fsp3) is 0.154. The van der Waals surface area contributed by atoms with Crippen LogP contribution in [0.5, 0.6) is 0 Å². The Labute approximate surface area is 110 Å². The van der Waals surface area contributed by atoms with Gasteiger partial charge in [-0.05, 0) is 26.0 Å². The largest absolute Gasteiger partial charge is 0.399 e. The summed E-state index contributed by atoms with van der Waals surface area (Å²) in [4.78, 5) is 4.52. The summed E-state index contributed by atoms with van der Waals surface area (Å²) in [5.74, 6) is 1.35. The lowest BCUT2D eigenvalue weighted by atomic mass is 10.4. The van der Waals surface area contributed by atoms with Crippen LogP contribution in [0.4, 0.5) is 5.69 Å². The molecule has 0 bridgehead atoms. The first-order valence-electron chi connectivity index (χ1n) is 5.95. The molecule has 0 spiro atoms. The van der Waals surface area contributed by atoms with Crippen molar-refractivity contribution >= 4 is 5.69 Å².